The maximum Gasteiger partial charge on any atom is 0.251 e. The summed E-state index contributed by atoms with van der Waals surface area (Å²) in [5, 5.41) is 7.03. The number of hydrogen-bond donors (Lipinski definition) is 3. The zero-order chi connectivity index (χ0) is 22.1. The Labute approximate surface area is 198 Å². The van der Waals surface area contributed by atoms with Crippen molar-refractivity contribution < 1.29 is 9.59 Å². The van der Waals surface area contributed by atoms with Crippen LogP contribution in [0, 0.1) is 5.92 Å². The molecular weight excluding hydrogens is 515 g/mol. The topological polar surface area (TPSA) is 87.5 Å². The smallest absolute Gasteiger partial charge is 0.251 e. The van der Waals surface area contributed by atoms with E-state index in [9.17, 15) is 9.59 Å². The van der Waals surface area contributed by atoms with Crippen molar-refractivity contribution in [3.05, 3.63) is 34.3 Å². The molecule has 0 aromatic heterocycles. The first-order valence-corrected chi connectivity index (χ1v) is 12.7. The highest BCUT2D eigenvalue weighted by Gasteiger charge is 2.31. The van der Waals surface area contributed by atoms with E-state index in [0.29, 0.717) is 42.6 Å². The SMILES string of the molecule is CCC(CC)CN1CC[C@@H](CNC(=O)c2ccc(CI)c(Cl)c2)N[C@@H](CCN)C1=O. The fraction of sp³-hybridized carbons (Fsp3) is 0.636. The summed E-state index contributed by atoms with van der Waals surface area (Å²) in [7, 11) is 0. The van der Waals surface area contributed by atoms with Gasteiger partial charge in [-0.2, -0.15) is 0 Å². The summed E-state index contributed by atoms with van der Waals surface area (Å²) in [4.78, 5) is 27.6. The summed E-state index contributed by atoms with van der Waals surface area (Å²) in [6.07, 6.45) is 3.51. The minimum absolute atomic E-state index is 0.0187. The van der Waals surface area contributed by atoms with Crippen LogP contribution in [0.4, 0.5) is 0 Å². The molecule has 4 N–H and O–H groups in total. The van der Waals surface area contributed by atoms with Crippen LogP contribution in [0.25, 0.3) is 0 Å². The summed E-state index contributed by atoms with van der Waals surface area (Å²) in [6.45, 7) is 6.72. The minimum atomic E-state index is -0.300. The molecule has 2 amide bonds. The van der Waals surface area contributed by atoms with Gasteiger partial charge in [0.1, 0.15) is 0 Å². The van der Waals surface area contributed by atoms with Crippen molar-refractivity contribution in [3.63, 3.8) is 0 Å². The first-order chi connectivity index (χ1) is 14.4. The van der Waals surface area contributed by atoms with Gasteiger partial charge < -0.3 is 21.3 Å². The number of nitrogens with one attached hydrogen (secondary N) is 2. The van der Waals surface area contributed by atoms with Crippen LogP contribution >= 0.6 is 34.2 Å². The molecule has 1 aliphatic heterocycles. The third-order valence-corrected chi connectivity index (χ3v) is 7.02. The van der Waals surface area contributed by atoms with Crippen LogP contribution in [0.2, 0.25) is 5.02 Å². The molecular formula is C22H34ClIN4O2. The second kappa shape index (κ2) is 12.8. The first kappa shape index (κ1) is 25.4. The molecule has 1 aliphatic rings. The lowest BCUT2D eigenvalue weighted by molar-refractivity contribution is -0.133. The summed E-state index contributed by atoms with van der Waals surface area (Å²) in [6, 6.07) is 5.12. The third-order valence-electron chi connectivity index (χ3n) is 5.85. The van der Waals surface area contributed by atoms with Crippen molar-refractivity contribution >= 4 is 46.0 Å². The molecule has 6 nitrogen and oxygen atoms in total. The van der Waals surface area contributed by atoms with E-state index >= 15 is 0 Å². The Morgan fingerprint density at radius 3 is 2.73 bits per heavy atom. The Hall–Kier alpha value is -0.900. The van der Waals surface area contributed by atoms with Crippen LogP contribution in [0.5, 0.6) is 0 Å². The van der Waals surface area contributed by atoms with Crippen molar-refractivity contribution in [2.45, 2.75) is 56.0 Å². The Morgan fingerprint density at radius 2 is 2.13 bits per heavy atom. The monoisotopic (exact) mass is 548 g/mol. The van der Waals surface area contributed by atoms with Gasteiger partial charge in [-0.25, -0.2) is 0 Å². The van der Waals surface area contributed by atoms with Crippen molar-refractivity contribution in [1.29, 1.82) is 0 Å². The number of hydrogen-bond acceptors (Lipinski definition) is 4. The number of amides is 2. The molecule has 1 saturated heterocycles. The van der Waals surface area contributed by atoms with Gasteiger partial charge in [0.25, 0.3) is 5.91 Å². The Balaban J connectivity index is 2.00. The second-order valence-electron chi connectivity index (χ2n) is 7.90. The molecule has 168 valence electrons. The van der Waals surface area contributed by atoms with E-state index in [0.717, 1.165) is 35.8 Å². The molecule has 0 unspecified atom stereocenters. The van der Waals surface area contributed by atoms with Crippen molar-refractivity contribution in [3.8, 4) is 0 Å². The number of carbonyl (C=O) groups excluding carboxylic acids is 2. The van der Waals surface area contributed by atoms with Crippen LogP contribution in [-0.2, 0) is 9.22 Å². The molecule has 0 radical (unpaired) electrons. The van der Waals surface area contributed by atoms with Gasteiger partial charge in [-0.3, -0.25) is 9.59 Å². The average molecular weight is 549 g/mol. The van der Waals surface area contributed by atoms with Crippen LogP contribution in [0.15, 0.2) is 18.2 Å². The fourth-order valence-electron chi connectivity index (χ4n) is 3.77. The lowest BCUT2D eigenvalue weighted by Gasteiger charge is -2.27. The molecule has 1 aromatic carbocycles. The number of benzene rings is 1. The number of nitrogens with two attached hydrogens (primary N) is 1. The molecule has 0 spiro atoms. The molecule has 30 heavy (non-hydrogen) atoms. The summed E-state index contributed by atoms with van der Waals surface area (Å²) in [5.74, 6) is 0.486. The van der Waals surface area contributed by atoms with Crippen LogP contribution < -0.4 is 16.4 Å². The van der Waals surface area contributed by atoms with Crippen molar-refractivity contribution in [2.24, 2.45) is 11.7 Å². The van der Waals surface area contributed by atoms with E-state index in [4.69, 9.17) is 17.3 Å². The summed E-state index contributed by atoms with van der Waals surface area (Å²) in [5.41, 5.74) is 7.32. The van der Waals surface area contributed by atoms with E-state index in [1.807, 2.05) is 11.0 Å². The van der Waals surface area contributed by atoms with Gasteiger partial charge in [0.15, 0.2) is 0 Å². The lowest BCUT2D eigenvalue weighted by atomic mass is 10.0. The number of alkyl halides is 1. The van der Waals surface area contributed by atoms with E-state index in [1.54, 1.807) is 12.1 Å². The van der Waals surface area contributed by atoms with E-state index < -0.39 is 0 Å². The van der Waals surface area contributed by atoms with Gasteiger partial charge in [-0.15, -0.1) is 0 Å². The fourth-order valence-corrected chi connectivity index (χ4v) is 4.91. The predicted molar refractivity (Wildman–Crippen MR) is 131 cm³/mol. The number of nitrogens with zero attached hydrogens (tertiary/aromatic N) is 1. The molecule has 0 aliphatic carbocycles. The van der Waals surface area contributed by atoms with Gasteiger partial charge in [0.2, 0.25) is 5.91 Å². The van der Waals surface area contributed by atoms with Crippen LogP contribution in [-0.4, -0.2) is 55.0 Å². The zero-order valence-corrected chi connectivity index (χ0v) is 20.8. The molecule has 8 heteroatoms. The maximum absolute atomic E-state index is 13.0. The molecule has 1 aromatic rings. The standard InChI is InChI=1S/C22H34ClIN4O2/c1-3-15(4-2)14-28-10-8-18(27-20(7-9-25)22(28)30)13-26-21(29)16-5-6-17(12-24)19(23)11-16/h5-6,11,15,18,20,27H,3-4,7-10,12-14,25H2,1-2H3,(H,26,29)/t18-,20-/m0/s1. The average Bonchev–Trinajstić information content (AvgIpc) is 2.89. The highest BCUT2D eigenvalue weighted by atomic mass is 127. The molecule has 1 fully saturated rings. The predicted octanol–water partition coefficient (Wildman–Crippen LogP) is 3.35. The zero-order valence-electron chi connectivity index (χ0n) is 17.9. The maximum atomic E-state index is 13.0. The Kier molecular flexibility index (Phi) is 10.8. The molecule has 1 heterocycles. The number of rotatable bonds is 10. The van der Waals surface area contributed by atoms with Crippen LogP contribution in [0.3, 0.4) is 0 Å². The number of halogens is 2. The second-order valence-corrected chi connectivity index (χ2v) is 9.07. The van der Waals surface area contributed by atoms with E-state index in [2.05, 4.69) is 47.1 Å². The molecule has 0 bridgehead atoms. The van der Waals surface area contributed by atoms with E-state index in [-0.39, 0.29) is 23.9 Å². The van der Waals surface area contributed by atoms with Gasteiger partial charge >= 0.3 is 0 Å². The van der Waals surface area contributed by atoms with Crippen LogP contribution in [0.1, 0.15) is 55.5 Å². The molecule has 2 atom stereocenters. The normalized spacial score (nSPS) is 19.8. The highest BCUT2D eigenvalue weighted by Crippen LogP contribution is 2.20. The Bertz CT molecular complexity index is 714. The Morgan fingerprint density at radius 1 is 1.40 bits per heavy atom. The molecule has 2 rings (SSSR count). The quantitative estimate of drug-likeness (QED) is 0.309. The van der Waals surface area contributed by atoms with Gasteiger partial charge in [0.05, 0.1) is 6.04 Å². The largest absolute Gasteiger partial charge is 0.350 e. The minimum Gasteiger partial charge on any atom is -0.350 e. The highest BCUT2D eigenvalue weighted by molar-refractivity contribution is 14.1. The lowest BCUT2D eigenvalue weighted by Crippen LogP contribution is -2.50. The number of carbonyl (C=O) groups is 2. The van der Waals surface area contributed by atoms with Crippen molar-refractivity contribution in [2.75, 3.05) is 26.2 Å². The van der Waals surface area contributed by atoms with E-state index in [1.165, 1.54) is 0 Å². The molecule has 0 saturated carbocycles. The summed E-state index contributed by atoms with van der Waals surface area (Å²) < 4.78 is 0.800. The van der Waals surface area contributed by atoms with Crippen molar-refractivity contribution in [1.82, 2.24) is 15.5 Å². The first-order valence-electron chi connectivity index (χ1n) is 10.8. The van der Waals surface area contributed by atoms with Gasteiger partial charge in [0, 0.05) is 40.7 Å². The van der Waals surface area contributed by atoms with Gasteiger partial charge in [-0.05, 0) is 43.0 Å². The third kappa shape index (κ3) is 7.07. The van der Waals surface area contributed by atoms with Gasteiger partial charge in [-0.1, -0.05) is 66.9 Å². The summed E-state index contributed by atoms with van der Waals surface area (Å²) >= 11 is 8.49.